The first-order chi connectivity index (χ1) is 11.1. The highest BCUT2D eigenvalue weighted by Crippen LogP contribution is 2.28. The normalized spacial score (nSPS) is 10.7. The Hall–Kier alpha value is -3.23. The zero-order valence-electron chi connectivity index (χ0n) is 12.9. The van der Waals surface area contributed by atoms with Crippen LogP contribution in [0, 0.1) is 0 Å². The molecule has 0 saturated carbocycles. The first-order valence-corrected chi connectivity index (χ1v) is 6.77. The molecule has 0 spiro atoms. The van der Waals surface area contributed by atoms with Crippen molar-refractivity contribution in [1.29, 1.82) is 0 Å². The maximum absolute atomic E-state index is 11.8. The highest BCUT2D eigenvalue weighted by Gasteiger charge is 2.22. The number of hydrogen-bond acceptors (Lipinski definition) is 8. The fourth-order valence-corrected chi connectivity index (χ4v) is 2.27. The molecule has 0 aromatic carbocycles. The Morgan fingerprint density at radius 1 is 1.35 bits per heavy atom. The number of pyridine rings is 1. The number of carbonyl (C=O) groups is 1. The summed E-state index contributed by atoms with van der Waals surface area (Å²) in [5, 5.41) is 2.92. The highest BCUT2D eigenvalue weighted by atomic mass is 16.5. The van der Waals surface area contributed by atoms with Crippen molar-refractivity contribution >= 4 is 28.6 Å². The number of aromatic nitrogens is 5. The average Bonchev–Trinajstić information content (AvgIpc) is 2.91. The topological polar surface area (TPSA) is 121 Å². The van der Waals surface area contributed by atoms with E-state index in [2.05, 4.69) is 25.3 Å². The van der Waals surface area contributed by atoms with Crippen molar-refractivity contribution < 1.29 is 9.53 Å². The molecule has 0 amide bonds. The average molecular weight is 313 g/mol. The van der Waals surface area contributed by atoms with Gasteiger partial charge in [-0.1, -0.05) is 0 Å². The molecule has 0 aliphatic rings. The third-order valence-electron chi connectivity index (χ3n) is 3.43. The van der Waals surface area contributed by atoms with Gasteiger partial charge in [0.05, 0.1) is 24.3 Å². The van der Waals surface area contributed by atoms with Gasteiger partial charge in [-0.05, 0) is 6.07 Å². The Labute approximate surface area is 131 Å². The van der Waals surface area contributed by atoms with Gasteiger partial charge in [-0.15, -0.1) is 0 Å². The molecular formula is C14H15N7O2. The number of anilines is 2. The van der Waals surface area contributed by atoms with Gasteiger partial charge in [-0.3, -0.25) is 4.98 Å². The zero-order chi connectivity index (χ0) is 16.6. The quantitative estimate of drug-likeness (QED) is 0.682. The summed E-state index contributed by atoms with van der Waals surface area (Å²) in [6, 6.07) is 1.80. The number of nitrogen functional groups attached to an aromatic ring is 1. The molecular weight excluding hydrogens is 298 g/mol. The van der Waals surface area contributed by atoms with Crippen molar-refractivity contribution in [3.8, 4) is 11.5 Å². The van der Waals surface area contributed by atoms with E-state index in [4.69, 9.17) is 10.5 Å². The van der Waals surface area contributed by atoms with E-state index < -0.39 is 5.97 Å². The second-order valence-corrected chi connectivity index (χ2v) is 4.76. The monoisotopic (exact) mass is 313 g/mol. The second kappa shape index (κ2) is 5.52. The van der Waals surface area contributed by atoms with Crippen LogP contribution in [0.25, 0.3) is 22.6 Å². The Balaban J connectivity index is 2.28. The van der Waals surface area contributed by atoms with E-state index in [1.54, 1.807) is 25.5 Å². The maximum atomic E-state index is 11.8. The number of ether oxygens (including phenoxy) is 1. The molecule has 9 heteroatoms. The Bertz CT molecular complexity index is 904. The van der Waals surface area contributed by atoms with Crippen molar-refractivity contribution in [2.75, 3.05) is 25.2 Å². The number of hydrogen-bond donors (Lipinski definition) is 2. The summed E-state index contributed by atoms with van der Waals surface area (Å²) in [5.74, 6) is 0.293. The van der Waals surface area contributed by atoms with Crippen molar-refractivity contribution in [2.45, 2.75) is 0 Å². The van der Waals surface area contributed by atoms with Gasteiger partial charge in [0.1, 0.15) is 5.69 Å². The fraction of sp³-hybridized carbons (Fsp3) is 0.214. The summed E-state index contributed by atoms with van der Waals surface area (Å²) in [5.41, 5.74) is 7.73. The zero-order valence-corrected chi connectivity index (χ0v) is 12.9. The SMILES string of the molecule is CNc1nc(N)c(C(=O)OC)nc1-c1nc2ccncc2n1C. The van der Waals surface area contributed by atoms with Crippen molar-refractivity contribution in [3.05, 3.63) is 24.2 Å². The predicted molar refractivity (Wildman–Crippen MR) is 84.8 cm³/mol. The van der Waals surface area contributed by atoms with Crippen LogP contribution in [0.5, 0.6) is 0 Å². The second-order valence-electron chi connectivity index (χ2n) is 4.76. The van der Waals surface area contributed by atoms with Crippen LogP contribution in [-0.4, -0.2) is 44.6 Å². The third-order valence-corrected chi connectivity index (χ3v) is 3.43. The van der Waals surface area contributed by atoms with Crippen LogP contribution in [0.3, 0.4) is 0 Å². The lowest BCUT2D eigenvalue weighted by Gasteiger charge is -2.10. The van der Waals surface area contributed by atoms with Crippen molar-refractivity contribution in [2.24, 2.45) is 7.05 Å². The highest BCUT2D eigenvalue weighted by molar-refractivity contribution is 5.93. The number of nitrogens with one attached hydrogen (secondary N) is 1. The number of carbonyl (C=O) groups excluding carboxylic acids is 1. The van der Waals surface area contributed by atoms with Gasteiger partial charge >= 0.3 is 5.97 Å². The lowest BCUT2D eigenvalue weighted by molar-refractivity contribution is 0.0595. The van der Waals surface area contributed by atoms with Gasteiger partial charge < -0.3 is 20.4 Å². The van der Waals surface area contributed by atoms with Crippen molar-refractivity contribution in [1.82, 2.24) is 24.5 Å². The largest absolute Gasteiger partial charge is 0.464 e. The number of nitrogens with zero attached hydrogens (tertiary/aromatic N) is 5. The van der Waals surface area contributed by atoms with E-state index in [9.17, 15) is 4.79 Å². The van der Waals surface area contributed by atoms with Gasteiger partial charge in [0.2, 0.25) is 0 Å². The standard InChI is InChI=1S/C14H15N7O2/c1-16-12-10(19-9(11(15)20-12)14(22)23-3)13-18-7-4-5-17-6-8(7)21(13)2/h4-6H,1-3H3,(H3,15,16,20). The molecule has 0 aliphatic carbocycles. The van der Waals surface area contributed by atoms with Crippen LogP contribution in [0.4, 0.5) is 11.6 Å². The summed E-state index contributed by atoms with van der Waals surface area (Å²) in [4.78, 5) is 28.9. The summed E-state index contributed by atoms with van der Waals surface area (Å²) < 4.78 is 6.52. The smallest absolute Gasteiger partial charge is 0.360 e. The minimum Gasteiger partial charge on any atom is -0.464 e. The molecule has 3 heterocycles. The Morgan fingerprint density at radius 2 is 2.13 bits per heavy atom. The lowest BCUT2D eigenvalue weighted by Crippen LogP contribution is -2.14. The van der Waals surface area contributed by atoms with Gasteiger partial charge in [0.25, 0.3) is 0 Å². The number of esters is 1. The molecule has 3 aromatic heterocycles. The summed E-state index contributed by atoms with van der Waals surface area (Å²) in [6.07, 6.45) is 3.36. The number of fused-ring (bicyclic) bond motifs is 1. The van der Waals surface area contributed by atoms with E-state index in [1.165, 1.54) is 7.11 Å². The molecule has 3 N–H and O–H groups in total. The molecule has 0 bridgehead atoms. The molecule has 0 atom stereocenters. The van der Waals surface area contributed by atoms with E-state index in [0.29, 0.717) is 17.3 Å². The predicted octanol–water partition coefficient (Wildman–Crippen LogP) is 0.836. The number of aryl methyl sites for hydroxylation is 1. The number of methoxy groups -OCH3 is 1. The van der Waals surface area contributed by atoms with Gasteiger partial charge in [-0.2, -0.15) is 0 Å². The molecule has 3 rings (SSSR count). The molecule has 9 nitrogen and oxygen atoms in total. The van der Waals surface area contributed by atoms with Crippen LogP contribution >= 0.6 is 0 Å². The third kappa shape index (κ3) is 2.31. The minimum absolute atomic E-state index is 0.00891. The number of imidazole rings is 1. The first-order valence-electron chi connectivity index (χ1n) is 6.77. The molecule has 118 valence electrons. The number of rotatable bonds is 3. The first kappa shape index (κ1) is 14.7. The minimum atomic E-state index is -0.653. The lowest BCUT2D eigenvalue weighted by atomic mass is 10.3. The number of nitrogens with two attached hydrogens (primary N) is 1. The van der Waals surface area contributed by atoms with E-state index in [0.717, 1.165) is 11.0 Å². The molecule has 3 aromatic rings. The fourth-order valence-electron chi connectivity index (χ4n) is 2.27. The van der Waals surface area contributed by atoms with Gasteiger partial charge in [-0.25, -0.2) is 19.7 Å². The summed E-state index contributed by atoms with van der Waals surface area (Å²) in [7, 11) is 4.78. The summed E-state index contributed by atoms with van der Waals surface area (Å²) in [6.45, 7) is 0. The van der Waals surface area contributed by atoms with E-state index >= 15 is 0 Å². The van der Waals surface area contributed by atoms with Gasteiger partial charge in [0.15, 0.2) is 23.2 Å². The van der Waals surface area contributed by atoms with Crippen LogP contribution < -0.4 is 11.1 Å². The molecule has 0 saturated heterocycles. The molecule has 0 aliphatic heterocycles. The maximum Gasteiger partial charge on any atom is 0.360 e. The Morgan fingerprint density at radius 3 is 2.78 bits per heavy atom. The van der Waals surface area contributed by atoms with Crippen molar-refractivity contribution in [3.63, 3.8) is 0 Å². The van der Waals surface area contributed by atoms with Gasteiger partial charge in [0, 0.05) is 20.3 Å². The van der Waals surface area contributed by atoms with Crippen LogP contribution in [0.2, 0.25) is 0 Å². The van der Waals surface area contributed by atoms with E-state index in [1.807, 2.05) is 11.6 Å². The van der Waals surface area contributed by atoms with Crippen LogP contribution in [0.1, 0.15) is 10.5 Å². The molecule has 23 heavy (non-hydrogen) atoms. The molecule has 0 unspecified atom stereocenters. The van der Waals surface area contributed by atoms with Crippen LogP contribution in [-0.2, 0) is 11.8 Å². The van der Waals surface area contributed by atoms with E-state index in [-0.39, 0.29) is 11.5 Å². The Kier molecular flexibility index (Phi) is 3.53. The summed E-state index contributed by atoms with van der Waals surface area (Å²) >= 11 is 0. The molecule has 0 radical (unpaired) electrons. The van der Waals surface area contributed by atoms with Crippen LogP contribution in [0.15, 0.2) is 18.5 Å². The molecule has 0 fully saturated rings.